The predicted molar refractivity (Wildman–Crippen MR) is 255 cm³/mol. The first-order valence-electron chi connectivity index (χ1n) is 20.9. The van der Waals surface area contributed by atoms with E-state index in [1.807, 2.05) is 0 Å². The Bertz CT molecular complexity index is 1770. The fourth-order valence-electron chi connectivity index (χ4n) is 7.03. The van der Waals surface area contributed by atoms with Gasteiger partial charge in [-0.3, -0.25) is 0 Å². The van der Waals surface area contributed by atoms with Crippen molar-refractivity contribution in [2.24, 2.45) is 0 Å². The molecule has 0 saturated heterocycles. The van der Waals surface area contributed by atoms with Crippen molar-refractivity contribution in [1.29, 1.82) is 0 Å². The average Bonchev–Trinajstić information content (AvgIpc) is 3.19. The molecule has 0 aromatic heterocycles. The van der Waals surface area contributed by atoms with Crippen molar-refractivity contribution in [1.82, 2.24) is 0 Å². The largest absolute Gasteiger partial charge is 2.00 e. The van der Waals surface area contributed by atoms with Crippen LogP contribution in [0, 0.1) is 0 Å². The van der Waals surface area contributed by atoms with Gasteiger partial charge in [-0.15, -0.1) is 0 Å². The third kappa shape index (κ3) is 14.2. The van der Waals surface area contributed by atoms with Crippen LogP contribution in [0.1, 0.15) is 152 Å². The van der Waals surface area contributed by atoms with Gasteiger partial charge in [-0.05, 0) is 117 Å². The summed E-state index contributed by atoms with van der Waals surface area (Å²) in [5.74, 6) is 3.25. The first-order chi connectivity index (χ1) is 26.7. The molecule has 0 saturated carbocycles. The Morgan fingerprint density at radius 2 is 0.390 bits per heavy atom. The smallest absolute Gasteiger partial charge is 1.00 e. The van der Waals surface area contributed by atoms with E-state index in [1.54, 1.807) is 0 Å². The van der Waals surface area contributed by atoms with E-state index in [4.69, 9.17) is 0 Å². The quantitative estimate of drug-likeness (QED) is 0.111. The van der Waals surface area contributed by atoms with Crippen molar-refractivity contribution in [3.8, 4) is 0 Å². The van der Waals surface area contributed by atoms with E-state index in [-0.39, 0.29) is 41.6 Å². The van der Waals surface area contributed by atoms with Gasteiger partial charge < -0.3 is 24.8 Å². The number of rotatable bonds is 12. The predicted octanol–water partition coefficient (Wildman–Crippen LogP) is 7.64. The molecule has 5 heteroatoms. The topological polar surface area (TPSA) is 0 Å². The summed E-state index contributed by atoms with van der Waals surface area (Å²) in [6.45, 7) is 27.3. The number of halogens is 2. The minimum absolute atomic E-state index is 0. The molecular formula is C54H66Cl2CoP2. The maximum Gasteiger partial charge on any atom is 2.00 e. The van der Waals surface area contributed by atoms with Crippen molar-refractivity contribution in [2.75, 3.05) is 0 Å². The van der Waals surface area contributed by atoms with Crippen LogP contribution >= 0.6 is 15.8 Å². The molecule has 0 bridgehead atoms. The molecule has 0 aliphatic heterocycles. The van der Waals surface area contributed by atoms with Crippen molar-refractivity contribution in [2.45, 2.75) is 119 Å². The van der Waals surface area contributed by atoms with Gasteiger partial charge in [0.1, 0.15) is 0 Å². The van der Waals surface area contributed by atoms with Crippen LogP contribution in [0.3, 0.4) is 0 Å². The Morgan fingerprint density at radius 3 is 0.508 bits per heavy atom. The maximum atomic E-state index is 2.43. The van der Waals surface area contributed by atoms with Gasteiger partial charge in [0.2, 0.25) is 0 Å². The van der Waals surface area contributed by atoms with Crippen LogP contribution in [0.2, 0.25) is 0 Å². The molecule has 0 aliphatic rings. The number of benzene rings is 6. The molecule has 0 spiro atoms. The number of hydrogen-bond donors (Lipinski definition) is 0. The fraction of sp³-hybridized carbons (Fsp3) is 0.333. The van der Waals surface area contributed by atoms with Crippen LogP contribution in [0.4, 0.5) is 0 Å². The second-order valence-electron chi connectivity index (χ2n) is 17.2. The van der Waals surface area contributed by atoms with Crippen molar-refractivity contribution < 1.29 is 41.6 Å². The Balaban J connectivity index is 0.000000387. The third-order valence-corrected chi connectivity index (χ3v) is 15.5. The van der Waals surface area contributed by atoms with Crippen LogP contribution in [0.15, 0.2) is 146 Å². The standard InChI is InChI=1S/2C27H33P.2ClH.Co/c2*1-19(2)22-10-7-13-25(16-22)28(26-14-8-11-23(17-26)20(3)4)27-15-9-12-24(18-27)21(5)6;;;/h2*7-21H,1-6H3;2*1H;/q;;;;+2/p-2. The van der Waals surface area contributed by atoms with Gasteiger partial charge in [0.15, 0.2) is 0 Å². The molecule has 6 rings (SSSR count). The zero-order valence-electron chi connectivity index (χ0n) is 37.3. The SMILES string of the molecule is CC(C)c1cccc(P(c2cccc(C(C)C)c2)c2cccc(C(C)C)c2)c1.CC(C)c1cccc(P(c2cccc(C(C)C)c2)c2cccc(C(C)C)c2)c1.[Cl-].[Cl-].[Co+2]. The second-order valence-corrected chi connectivity index (χ2v) is 21.6. The molecule has 59 heavy (non-hydrogen) atoms. The van der Waals surface area contributed by atoms with Crippen molar-refractivity contribution in [3.63, 3.8) is 0 Å². The van der Waals surface area contributed by atoms with E-state index < -0.39 is 15.8 Å². The van der Waals surface area contributed by atoms with Crippen LogP contribution < -0.4 is 56.6 Å². The third-order valence-electron chi connectivity index (χ3n) is 10.8. The van der Waals surface area contributed by atoms with E-state index >= 15 is 0 Å². The summed E-state index contributed by atoms with van der Waals surface area (Å²) in [6.07, 6.45) is 0. The first-order valence-corrected chi connectivity index (χ1v) is 23.6. The monoisotopic (exact) mass is 905 g/mol. The maximum absolute atomic E-state index is 2.43. The van der Waals surface area contributed by atoms with E-state index in [0.29, 0.717) is 35.5 Å². The molecule has 6 aromatic rings. The van der Waals surface area contributed by atoms with E-state index in [9.17, 15) is 0 Å². The van der Waals surface area contributed by atoms with Crippen LogP contribution in [-0.2, 0) is 16.8 Å². The molecule has 0 atom stereocenters. The van der Waals surface area contributed by atoms with Gasteiger partial charge in [0.05, 0.1) is 0 Å². The summed E-state index contributed by atoms with van der Waals surface area (Å²) in [4.78, 5) is 0. The normalized spacial score (nSPS) is 11.2. The molecular weight excluding hydrogens is 840 g/mol. The molecule has 0 aliphatic carbocycles. The Kier molecular flexibility index (Phi) is 21.9. The van der Waals surface area contributed by atoms with Crippen molar-refractivity contribution in [3.05, 3.63) is 179 Å². The summed E-state index contributed by atoms with van der Waals surface area (Å²) in [5.41, 5.74) is 8.53. The molecule has 0 N–H and O–H groups in total. The number of hydrogen-bond acceptors (Lipinski definition) is 0. The van der Waals surface area contributed by atoms with Gasteiger partial charge in [-0.2, -0.15) is 0 Å². The van der Waals surface area contributed by atoms with Gasteiger partial charge in [-0.1, -0.05) is 229 Å². The minimum atomic E-state index is -0.569. The average molecular weight is 907 g/mol. The van der Waals surface area contributed by atoms with Gasteiger partial charge in [-0.25, -0.2) is 0 Å². The molecule has 0 unspecified atom stereocenters. The van der Waals surface area contributed by atoms with E-state index in [1.165, 1.54) is 65.2 Å². The summed E-state index contributed by atoms with van der Waals surface area (Å²) >= 11 is 0. The van der Waals surface area contributed by atoms with Crippen LogP contribution in [0.5, 0.6) is 0 Å². The molecule has 0 heterocycles. The van der Waals surface area contributed by atoms with Gasteiger partial charge in [0, 0.05) is 0 Å². The van der Waals surface area contributed by atoms with E-state index in [0.717, 1.165) is 0 Å². The molecule has 0 nitrogen and oxygen atoms in total. The minimum Gasteiger partial charge on any atom is -1.00 e. The fourth-order valence-corrected chi connectivity index (χ4v) is 11.9. The van der Waals surface area contributed by atoms with Crippen LogP contribution in [0.25, 0.3) is 0 Å². The Labute approximate surface area is 384 Å². The molecule has 6 aromatic carbocycles. The first kappa shape index (κ1) is 52.4. The Morgan fingerprint density at radius 1 is 0.254 bits per heavy atom. The van der Waals surface area contributed by atoms with Crippen molar-refractivity contribution >= 4 is 47.7 Å². The molecule has 1 radical (unpaired) electrons. The zero-order chi connectivity index (χ0) is 40.5. The summed E-state index contributed by atoms with van der Waals surface area (Å²) in [6, 6.07) is 55.5. The summed E-state index contributed by atoms with van der Waals surface area (Å²) in [7, 11) is -1.14. The molecule has 0 fully saturated rings. The summed E-state index contributed by atoms with van der Waals surface area (Å²) in [5, 5.41) is 8.68. The molecule has 0 amide bonds. The summed E-state index contributed by atoms with van der Waals surface area (Å²) < 4.78 is 0. The van der Waals surface area contributed by atoms with Crippen LogP contribution in [-0.4, -0.2) is 0 Å². The molecule has 315 valence electrons. The van der Waals surface area contributed by atoms with Gasteiger partial charge in [0.25, 0.3) is 0 Å². The second kappa shape index (κ2) is 24.6. The van der Waals surface area contributed by atoms with E-state index in [2.05, 4.69) is 229 Å². The zero-order valence-corrected chi connectivity index (χ0v) is 41.6. The van der Waals surface area contributed by atoms with Gasteiger partial charge >= 0.3 is 16.8 Å². The Hall–Kier alpha value is -2.73.